The fourth-order valence-electron chi connectivity index (χ4n) is 1.40. The molecule has 0 aliphatic heterocycles. The van der Waals surface area contributed by atoms with Crippen molar-refractivity contribution < 1.29 is 9.90 Å². The van der Waals surface area contributed by atoms with E-state index in [1.165, 1.54) is 11.1 Å². The molecule has 1 aromatic heterocycles. The van der Waals surface area contributed by atoms with Crippen molar-refractivity contribution in [2.45, 2.75) is 25.8 Å². The molecule has 0 bridgehead atoms. The van der Waals surface area contributed by atoms with Crippen LogP contribution in [-0.2, 0) is 0 Å². The summed E-state index contributed by atoms with van der Waals surface area (Å²) in [5.41, 5.74) is 0.160. The van der Waals surface area contributed by atoms with E-state index in [-0.39, 0.29) is 18.1 Å². The maximum atomic E-state index is 11.7. The largest absolute Gasteiger partial charge is 0.394 e. The van der Waals surface area contributed by atoms with E-state index in [2.05, 4.69) is 10.3 Å². The number of pyridine rings is 1. The molecule has 0 radical (unpaired) electrons. The topological polar surface area (TPSA) is 65.5 Å². The van der Waals surface area contributed by atoms with Gasteiger partial charge in [0.25, 0.3) is 5.91 Å². The van der Waals surface area contributed by atoms with Crippen LogP contribution in [0.25, 0.3) is 0 Å². The molecule has 0 saturated heterocycles. The lowest BCUT2D eigenvalue weighted by Crippen LogP contribution is -2.38. The van der Waals surface area contributed by atoms with Gasteiger partial charge in [-0.3, -0.25) is 4.79 Å². The van der Waals surface area contributed by atoms with Crippen molar-refractivity contribution in [3.63, 3.8) is 0 Å². The molecule has 0 aromatic carbocycles. The van der Waals surface area contributed by atoms with Crippen molar-refractivity contribution in [2.75, 3.05) is 26.0 Å². The summed E-state index contributed by atoms with van der Waals surface area (Å²) in [6, 6.07) is 3.48. The summed E-state index contributed by atoms with van der Waals surface area (Å²) >= 11 is 0. The number of aliphatic hydroxyl groups excluding tert-OH is 1. The third-order valence-corrected chi connectivity index (χ3v) is 2.98. The molecule has 1 rings (SSSR count). The number of carbonyl (C=O) groups is 1. The van der Waals surface area contributed by atoms with E-state index in [0.29, 0.717) is 11.4 Å². The van der Waals surface area contributed by atoms with Crippen LogP contribution in [0.4, 0.5) is 5.82 Å². The maximum Gasteiger partial charge on any atom is 0.254 e. The summed E-state index contributed by atoms with van der Waals surface area (Å²) in [6.07, 6.45) is 2.32. The van der Waals surface area contributed by atoms with Gasteiger partial charge >= 0.3 is 0 Å². The molecule has 1 aromatic rings. The Kier molecular flexibility index (Phi) is 4.67. The Bertz CT molecular complexity index is 397. The minimum absolute atomic E-state index is 0.0313. The van der Waals surface area contributed by atoms with Gasteiger partial charge in [0.2, 0.25) is 0 Å². The highest BCUT2D eigenvalue weighted by Crippen LogP contribution is 2.16. The van der Waals surface area contributed by atoms with Crippen molar-refractivity contribution >= 4 is 11.7 Å². The fourth-order valence-corrected chi connectivity index (χ4v) is 1.40. The minimum Gasteiger partial charge on any atom is -0.394 e. The Labute approximate surface area is 108 Å². The van der Waals surface area contributed by atoms with Crippen LogP contribution in [0.3, 0.4) is 0 Å². The average molecular weight is 251 g/mol. The van der Waals surface area contributed by atoms with Gasteiger partial charge in [-0.15, -0.1) is 0 Å². The Morgan fingerprint density at radius 3 is 2.56 bits per heavy atom. The zero-order valence-electron chi connectivity index (χ0n) is 11.4. The highest BCUT2D eigenvalue weighted by Gasteiger charge is 2.20. The van der Waals surface area contributed by atoms with Crippen LogP contribution in [0.5, 0.6) is 0 Å². The van der Waals surface area contributed by atoms with E-state index < -0.39 is 0 Å². The third kappa shape index (κ3) is 3.43. The normalized spacial score (nSPS) is 13.8. The molecular formula is C13H21N3O2. The van der Waals surface area contributed by atoms with E-state index in [4.69, 9.17) is 0 Å². The van der Waals surface area contributed by atoms with Gasteiger partial charge in [-0.2, -0.15) is 0 Å². The summed E-state index contributed by atoms with van der Waals surface area (Å²) in [7, 11) is 3.41. The number of carbonyl (C=O) groups excluding carboxylic acids is 1. The fraction of sp³-hybridized carbons (Fsp3) is 0.538. The quantitative estimate of drug-likeness (QED) is 0.829. The first-order valence-electron chi connectivity index (χ1n) is 5.98. The number of anilines is 1. The monoisotopic (exact) mass is 251 g/mol. The summed E-state index contributed by atoms with van der Waals surface area (Å²) < 4.78 is 0. The van der Waals surface area contributed by atoms with E-state index in [1.54, 1.807) is 26.2 Å². The molecule has 18 heavy (non-hydrogen) atoms. The van der Waals surface area contributed by atoms with Crippen LogP contribution in [0.1, 0.15) is 30.6 Å². The Hall–Kier alpha value is -1.62. The smallest absolute Gasteiger partial charge is 0.254 e. The lowest BCUT2D eigenvalue weighted by molar-refractivity contribution is 0.0827. The van der Waals surface area contributed by atoms with E-state index >= 15 is 0 Å². The van der Waals surface area contributed by atoms with E-state index in [1.807, 2.05) is 13.8 Å². The van der Waals surface area contributed by atoms with Gasteiger partial charge in [0.05, 0.1) is 17.7 Å². The number of amides is 1. The number of aliphatic hydroxyl groups is 1. The van der Waals surface area contributed by atoms with Gasteiger partial charge < -0.3 is 15.3 Å². The summed E-state index contributed by atoms with van der Waals surface area (Å²) in [6.45, 7) is 3.95. The highest BCUT2D eigenvalue weighted by molar-refractivity contribution is 5.93. The molecule has 1 heterocycles. The SMILES string of the molecule is CCC(C)(CO)Nc1ccc(C(=O)N(C)C)cn1. The molecule has 5 heteroatoms. The Morgan fingerprint density at radius 1 is 1.50 bits per heavy atom. The third-order valence-electron chi connectivity index (χ3n) is 2.98. The number of hydrogen-bond donors (Lipinski definition) is 2. The zero-order chi connectivity index (χ0) is 13.8. The standard InChI is InChI=1S/C13H21N3O2/c1-5-13(2,9-17)15-11-7-6-10(8-14-11)12(18)16(3)4/h6-8,17H,5,9H2,1-4H3,(H,14,15). The molecule has 0 aliphatic rings. The van der Waals surface area contributed by atoms with Gasteiger partial charge in [0, 0.05) is 20.3 Å². The van der Waals surface area contributed by atoms with Crippen molar-refractivity contribution in [3.05, 3.63) is 23.9 Å². The predicted octanol–water partition coefficient (Wildman–Crippen LogP) is 1.36. The summed E-state index contributed by atoms with van der Waals surface area (Å²) in [4.78, 5) is 17.4. The second-order valence-electron chi connectivity index (χ2n) is 4.83. The molecule has 1 unspecified atom stereocenters. The van der Waals surface area contributed by atoms with Crippen LogP contribution < -0.4 is 5.32 Å². The number of nitrogens with zero attached hydrogens (tertiary/aromatic N) is 2. The molecule has 0 saturated carbocycles. The van der Waals surface area contributed by atoms with Crippen LogP contribution in [0, 0.1) is 0 Å². The number of hydrogen-bond acceptors (Lipinski definition) is 4. The number of nitrogens with one attached hydrogen (secondary N) is 1. The maximum absolute atomic E-state index is 11.7. The molecule has 2 N–H and O–H groups in total. The second kappa shape index (κ2) is 5.82. The molecule has 5 nitrogen and oxygen atoms in total. The van der Waals surface area contributed by atoms with Crippen molar-refractivity contribution in [1.29, 1.82) is 0 Å². The molecule has 0 aliphatic carbocycles. The summed E-state index contributed by atoms with van der Waals surface area (Å²) in [5, 5.41) is 12.5. The van der Waals surface area contributed by atoms with Crippen molar-refractivity contribution in [1.82, 2.24) is 9.88 Å². The van der Waals surface area contributed by atoms with Gasteiger partial charge in [0.1, 0.15) is 5.82 Å². The van der Waals surface area contributed by atoms with Crippen LogP contribution in [0.15, 0.2) is 18.3 Å². The minimum atomic E-state index is -0.389. The molecule has 0 spiro atoms. The Balaban J connectivity index is 2.81. The first kappa shape index (κ1) is 14.4. The zero-order valence-corrected chi connectivity index (χ0v) is 11.4. The van der Waals surface area contributed by atoms with Crippen LogP contribution in [-0.4, -0.2) is 47.1 Å². The lowest BCUT2D eigenvalue weighted by Gasteiger charge is -2.27. The summed E-state index contributed by atoms with van der Waals surface area (Å²) in [5.74, 6) is 0.582. The number of rotatable bonds is 5. The first-order chi connectivity index (χ1) is 8.41. The average Bonchev–Trinajstić information content (AvgIpc) is 2.38. The number of aromatic nitrogens is 1. The van der Waals surface area contributed by atoms with Crippen LogP contribution in [0.2, 0.25) is 0 Å². The molecule has 100 valence electrons. The van der Waals surface area contributed by atoms with Gasteiger partial charge in [-0.1, -0.05) is 6.92 Å². The highest BCUT2D eigenvalue weighted by atomic mass is 16.3. The molecule has 1 amide bonds. The van der Waals surface area contributed by atoms with Gasteiger partial charge in [-0.05, 0) is 25.5 Å². The van der Waals surface area contributed by atoms with E-state index in [9.17, 15) is 9.90 Å². The van der Waals surface area contributed by atoms with Gasteiger partial charge in [0.15, 0.2) is 0 Å². The van der Waals surface area contributed by atoms with Crippen molar-refractivity contribution in [3.8, 4) is 0 Å². The van der Waals surface area contributed by atoms with E-state index in [0.717, 1.165) is 6.42 Å². The second-order valence-corrected chi connectivity index (χ2v) is 4.83. The van der Waals surface area contributed by atoms with Crippen molar-refractivity contribution in [2.24, 2.45) is 0 Å². The van der Waals surface area contributed by atoms with Crippen LogP contribution >= 0.6 is 0 Å². The molecule has 1 atom stereocenters. The first-order valence-corrected chi connectivity index (χ1v) is 5.98. The predicted molar refractivity (Wildman–Crippen MR) is 71.7 cm³/mol. The molecular weight excluding hydrogens is 230 g/mol. The lowest BCUT2D eigenvalue weighted by atomic mass is 10.0. The Morgan fingerprint density at radius 2 is 2.17 bits per heavy atom. The molecule has 0 fully saturated rings. The van der Waals surface area contributed by atoms with Gasteiger partial charge in [-0.25, -0.2) is 4.98 Å².